The van der Waals surface area contributed by atoms with Crippen molar-refractivity contribution >= 4 is 11.6 Å². The fraction of sp³-hybridized carbons (Fsp3) is 0.529. The summed E-state index contributed by atoms with van der Waals surface area (Å²) in [5, 5.41) is 16.4. The molecule has 0 unspecified atom stereocenters. The molecule has 2 heterocycles. The van der Waals surface area contributed by atoms with Gasteiger partial charge >= 0.3 is 0 Å². The number of hydrogen-bond donors (Lipinski definition) is 1. The molecule has 120 valence electrons. The first-order chi connectivity index (χ1) is 11.0. The molecule has 1 fully saturated rings. The Morgan fingerprint density at radius 2 is 2.26 bits per heavy atom. The summed E-state index contributed by atoms with van der Waals surface area (Å²) in [7, 11) is 0. The third kappa shape index (κ3) is 3.04. The molecule has 0 bridgehead atoms. The monoisotopic (exact) mass is 311 g/mol. The largest absolute Gasteiger partial charge is 0.353 e. The van der Waals surface area contributed by atoms with Crippen LogP contribution in [-0.4, -0.2) is 26.5 Å². The lowest BCUT2D eigenvalue weighted by molar-refractivity contribution is -0.121. The molecule has 0 aliphatic heterocycles. The van der Waals surface area contributed by atoms with E-state index in [0.29, 0.717) is 30.0 Å². The number of carbonyl (C=O) groups is 1. The highest BCUT2D eigenvalue weighted by atomic mass is 16.1. The first kappa shape index (κ1) is 15.5. The van der Waals surface area contributed by atoms with Crippen LogP contribution in [0.25, 0.3) is 5.65 Å². The fourth-order valence-corrected chi connectivity index (χ4v) is 3.03. The van der Waals surface area contributed by atoms with E-state index in [1.54, 1.807) is 4.52 Å². The molecule has 3 rings (SSSR count). The number of amides is 1. The molecular formula is C17H21N5O. The molecule has 0 radical (unpaired) electrons. The van der Waals surface area contributed by atoms with E-state index in [1.165, 1.54) is 19.0 Å². The van der Waals surface area contributed by atoms with Crippen LogP contribution in [0, 0.1) is 31.1 Å². The normalized spacial score (nSPS) is 15.4. The predicted molar refractivity (Wildman–Crippen MR) is 85.8 cm³/mol. The number of carbonyl (C=O) groups excluding carboxylic acids is 1. The van der Waals surface area contributed by atoms with Crippen LogP contribution >= 0.6 is 0 Å². The van der Waals surface area contributed by atoms with Gasteiger partial charge in [0.15, 0.2) is 5.65 Å². The molecule has 1 aliphatic carbocycles. The molecule has 1 aliphatic rings. The minimum Gasteiger partial charge on any atom is -0.353 e. The fourth-order valence-electron chi connectivity index (χ4n) is 3.03. The second-order valence-electron chi connectivity index (χ2n) is 6.36. The summed E-state index contributed by atoms with van der Waals surface area (Å²) in [5.41, 5.74) is 3.88. The van der Waals surface area contributed by atoms with E-state index in [1.807, 2.05) is 13.8 Å². The maximum atomic E-state index is 12.1. The van der Waals surface area contributed by atoms with Crippen LogP contribution < -0.4 is 5.32 Å². The summed E-state index contributed by atoms with van der Waals surface area (Å²) >= 11 is 0. The zero-order chi connectivity index (χ0) is 16.6. The molecule has 1 amide bonds. The Hall–Kier alpha value is -2.42. The van der Waals surface area contributed by atoms with Gasteiger partial charge in [0.25, 0.3) is 0 Å². The van der Waals surface area contributed by atoms with E-state index >= 15 is 0 Å². The highest BCUT2D eigenvalue weighted by molar-refractivity contribution is 5.76. The summed E-state index contributed by atoms with van der Waals surface area (Å²) in [6, 6.07) is 2.37. The van der Waals surface area contributed by atoms with Crippen molar-refractivity contribution in [1.29, 1.82) is 5.26 Å². The zero-order valence-corrected chi connectivity index (χ0v) is 13.8. The molecule has 0 spiro atoms. The minimum atomic E-state index is 0.0847. The lowest BCUT2D eigenvalue weighted by Crippen LogP contribution is -2.34. The van der Waals surface area contributed by atoms with E-state index in [2.05, 4.69) is 28.4 Å². The Morgan fingerprint density at radius 1 is 1.52 bits per heavy atom. The van der Waals surface area contributed by atoms with Crippen LogP contribution in [0.1, 0.15) is 48.7 Å². The number of aryl methyl sites for hydroxylation is 2. The van der Waals surface area contributed by atoms with Crippen molar-refractivity contribution in [1.82, 2.24) is 19.9 Å². The minimum absolute atomic E-state index is 0.0847. The number of nitriles is 1. The van der Waals surface area contributed by atoms with Gasteiger partial charge in [-0.05, 0) is 51.5 Å². The first-order valence-electron chi connectivity index (χ1n) is 8.04. The number of nitrogens with one attached hydrogen (secondary N) is 1. The summed E-state index contributed by atoms with van der Waals surface area (Å²) in [4.78, 5) is 16.6. The second kappa shape index (κ2) is 5.99. The molecule has 6 nitrogen and oxygen atoms in total. The molecular weight excluding hydrogens is 290 g/mol. The van der Waals surface area contributed by atoms with E-state index in [9.17, 15) is 4.79 Å². The van der Waals surface area contributed by atoms with Crippen LogP contribution in [0.3, 0.4) is 0 Å². The summed E-state index contributed by atoms with van der Waals surface area (Å²) in [6.45, 7) is 5.95. The Kier molecular flexibility index (Phi) is 4.03. The molecule has 0 saturated heterocycles. The zero-order valence-electron chi connectivity index (χ0n) is 13.8. The average molecular weight is 311 g/mol. The van der Waals surface area contributed by atoms with Crippen molar-refractivity contribution in [2.45, 2.75) is 52.5 Å². The smallest absolute Gasteiger partial charge is 0.220 e. The number of nitrogens with zero attached hydrogens (tertiary/aromatic N) is 4. The maximum Gasteiger partial charge on any atom is 0.220 e. The second-order valence-corrected chi connectivity index (χ2v) is 6.36. The molecule has 2 aromatic rings. The van der Waals surface area contributed by atoms with E-state index < -0.39 is 0 Å². The average Bonchev–Trinajstić information content (AvgIpc) is 3.28. The number of hydrogen-bond acceptors (Lipinski definition) is 4. The molecule has 1 saturated carbocycles. The molecule has 0 aromatic carbocycles. The topological polar surface area (TPSA) is 83.1 Å². The van der Waals surface area contributed by atoms with Crippen molar-refractivity contribution in [2.75, 3.05) is 0 Å². The van der Waals surface area contributed by atoms with Gasteiger partial charge in [0.1, 0.15) is 11.6 Å². The molecule has 23 heavy (non-hydrogen) atoms. The van der Waals surface area contributed by atoms with Crippen LogP contribution in [-0.2, 0) is 11.2 Å². The number of fused-ring (bicyclic) bond motifs is 1. The highest BCUT2D eigenvalue weighted by Crippen LogP contribution is 2.32. The van der Waals surface area contributed by atoms with Gasteiger partial charge in [0.2, 0.25) is 5.91 Å². The Labute approximate surface area is 135 Å². The lowest BCUT2D eigenvalue weighted by atomic mass is 10.1. The predicted octanol–water partition coefficient (Wildman–Crippen LogP) is 2.07. The third-order valence-electron chi connectivity index (χ3n) is 4.65. The molecule has 1 N–H and O–H groups in total. The van der Waals surface area contributed by atoms with E-state index in [4.69, 9.17) is 5.26 Å². The third-order valence-corrected chi connectivity index (χ3v) is 4.65. The standard InChI is InChI=1S/C17H21N5O/c1-10(13-4-5-13)20-16(23)7-6-15-11(2)21-17-14(8-18)9-19-22(17)12(15)3/h9-10,13H,4-7H2,1-3H3,(H,20,23)/t10-/m0/s1. The number of aromatic nitrogens is 3. The lowest BCUT2D eigenvalue weighted by Gasteiger charge is -2.14. The van der Waals surface area contributed by atoms with Gasteiger partial charge in [-0.3, -0.25) is 4.79 Å². The Morgan fingerprint density at radius 3 is 2.91 bits per heavy atom. The van der Waals surface area contributed by atoms with Gasteiger partial charge in [-0.15, -0.1) is 0 Å². The van der Waals surface area contributed by atoms with Crippen molar-refractivity contribution < 1.29 is 4.79 Å². The Balaban J connectivity index is 1.75. The van der Waals surface area contributed by atoms with Crippen LogP contribution in [0.4, 0.5) is 0 Å². The molecule has 6 heteroatoms. The number of rotatable bonds is 5. The summed E-state index contributed by atoms with van der Waals surface area (Å²) in [6.07, 6.45) is 5.05. The van der Waals surface area contributed by atoms with E-state index in [0.717, 1.165) is 17.0 Å². The van der Waals surface area contributed by atoms with Crippen LogP contribution in [0.5, 0.6) is 0 Å². The van der Waals surface area contributed by atoms with Gasteiger partial charge in [-0.25, -0.2) is 9.50 Å². The first-order valence-corrected chi connectivity index (χ1v) is 8.04. The van der Waals surface area contributed by atoms with Gasteiger partial charge in [-0.1, -0.05) is 0 Å². The van der Waals surface area contributed by atoms with Gasteiger partial charge in [0, 0.05) is 23.9 Å². The van der Waals surface area contributed by atoms with Crippen molar-refractivity contribution in [3.8, 4) is 6.07 Å². The molecule has 2 aromatic heterocycles. The van der Waals surface area contributed by atoms with Crippen LogP contribution in [0.2, 0.25) is 0 Å². The summed E-state index contributed by atoms with van der Waals surface area (Å²) < 4.78 is 1.69. The van der Waals surface area contributed by atoms with Crippen molar-refractivity contribution in [2.24, 2.45) is 5.92 Å². The van der Waals surface area contributed by atoms with Crippen molar-refractivity contribution in [3.63, 3.8) is 0 Å². The van der Waals surface area contributed by atoms with Gasteiger partial charge in [0.05, 0.1) is 6.20 Å². The van der Waals surface area contributed by atoms with Crippen molar-refractivity contribution in [3.05, 3.63) is 28.7 Å². The maximum absolute atomic E-state index is 12.1. The highest BCUT2D eigenvalue weighted by Gasteiger charge is 2.28. The van der Waals surface area contributed by atoms with E-state index in [-0.39, 0.29) is 11.9 Å². The van der Waals surface area contributed by atoms with Crippen LogP contribution in [0.15, 0.2) is 6.20 Å². The SMILES string of the molecule is Cc1nc2c(C#N)cnn2c(C)c1CCC(=O)N[C@@H](C)C1CC1. The summed E-state index contributed by atoms with van der Waals surface area (Å²) in [5.74, 6) is 0.746. The molecule has 1 atom stereocenters. The Bertz CT molecular complexity index is 797. The van der Waals surface area contributed by atoms with Gasteiger partial charge in [-0.2, -0.15) is 10.4 Å². The van der Waals surface area contributed by atoms with Gasteiger partial charge < -0.3 is 5.32 Å². The quantitative estimate of drug-likeness (QED) is 0.916.